The number of phenols is 1. The highest BCUT2D eigenvalue weighted by Gasteiger charge is 2.20. The van der Waals surface area contributed by atoms with Gasteiger partial charge >= 0.3 is 0 Å². The number of nitrogens with zero attached hydrogens (tertiary/aromatic N) is 3. The van der Waals surface area contributed by atoms with Crippen molar-refractivity contribution in [1.29, 1.82) is 0 Å². The lowest BCUT2D eigenvalue weighted by Crippen LogP contribution is -2.46. The molecule has 1 saturated heterocycles. The second-order valence-electron chi connectivity index (χ2n) is 7.12. The molecular weight excluding hydrogens is 386 g/mol. The maximum absolute atomic E-state index is 10.4. The molecule has 1 fully saturated rings. The number of aromatic hydroxyl groups is 1. The fourth-order valence-electron chi connectivity index (χ4n) is 3.66. The van der Waals surface area contributed by atoms with Crippen molar-refractivity contribution >= 4 is 17.3 Å². The van der Waals surface area contributed by atoms with E-state index in [1.54, 1.807) is 13.2 Å². The zero-order chi connectivity index (χ0) is 20.2. The summed E-state index contributed by atoms with van der Waals surface area (Å²) in [7, 11) is 1.61. The Hall–Kier alpha value is -2.76. The summed E-state index contributed by atoms with van der Waals surface area (Å²) in [5.41, 5.74) is 3.78. The van der Waals surface area contributed by atoms with Gasteiger partial charge in [0.25, 0.3) is 0 Å². The van der Waals surface area contributed by atoms with Crippen LogP contribution in [0.1, 0.15) is 5.56 Å². The monoisotopic (exact) mass is 409 g/mol. The maximum atomic E-state index is 10.4. The van der Waals surface area contributed by atoms with Crippen LogP contribution in [0.3, 0.4) is 0 Å². The minimum atomic E-state index is 0.310. The molecule has 1 N–H and O–H groups in total. The molecule has 29 heavy (non-hydrogen) atoms. The van der Waals surface area contributed by atoms with Crippen molar-refractivity contribution in [3.05, 3.63) is 71.2 Å². The molecule has 0 unspecified atom stereocenters. The molecule has 0 amide bonds. The second-order valence-corrected chi connectivity index (χ2v) is 7.53. The average Bonchev–Trinajstić information content (AvgIpc) is 2.76. The minimum absolute atomic E-state index is 0.310. The van der Waals surface area contributed by atoms with E-state index in [2.05, 4.69) is 20.9 Å². The van der Waals surface area contributed by atoms with E-state index < -0.39 is 0 Å². The third kappa shape index (κ3) is 4.47. The van der Waals surface area contributed by atoms with E-state index in [1.165, 1.54) is 0 Å². The summed E-state index contributed by atoms with van der Waals surface area (Å²) in [6.45, 7) is 4.32. The first-order valence-corrected chi connectivity index (χ1v) is 10.1. The molecule has 2 aromatic carbocycles. The first-order chi connectivity index (χ1) is 14.1. The summed E-state index contributed by atoms with van der Waals surface area (Å²) in [5, 5.41) is 11.2. The third-order valence-corrected chi connectivity index (χ3v) is 5.59. The number of aromatic nitrogens is 1. The number of halogens is 1. The van der Waals surface area contributed by atoms with Gasteiger partial charge in [0.05, 0.1) is 23.5 Å². The Morgan fingerprint density at radius 2 is 1.79 bits per heavy atom. The number of phenolic OH excluding ortho intramolecular Hbond substituents is 1. The first-order valence-electron chi connectivity index (χ1n) is 9.69. The molecule has 0 radical (unpaired) electrons. The number of hydrogen-bond acceptors (Lipinski definition) is 5. The van der Waals surface area contributed by atoms with Gasteiger partial charge < -0.3 is 14.7 Å². The quantitative estimate of drug-likeness (QED) is 0.675. The summed E-state index contributed by atoms with van der Waals surface area (Å²) in [6.07, 6.45) is 0. The van der Waals surface area contributed by atoms with Crippen molar-refractivity contribution in [3.8, 4) is 22.9 Å². The molecule has 1 aromatic heterocycles. The summed E-state index contributed by atoms with van der Waals surface area (Å²) < 4.78 is 5.22. The van der Waals surface area contributed by atoms with E-state index in [-0.39, 0.29) is 0 Å². The lowest BCUT2D eigenvalue weighted by Gasteiger charge is -2.36. The molecule has 5 nitrogen and oxygen atoms in total. The molecule has 4 rings (SSSR count). The Morgan fingerprint density at radius 1 is 1.00 bits per heavy atom. The number of para-hydroxylation sites is 1. The number of hydrogen-bond donors (Lipinski definition) is 1. The van der Waals surface area contributed by atoms with Gasteiger partial charge in [-0.05, 0) is 36.4 Å². The van der Waals surface area contributed by atoms with Gasteiger partial charge in [-0.2, -0.15) is 0 Å². The SMILES string of the molecule is COc1cccc(-c2ccc(O)c(CN3CCN(c4ccccc4Cl)CC3)c2)n1. The standard InChI is InChI=1S/C23H24ClN3O2/c1-29-23-8-4-6-20(25-23)17-9-10-22(28)18(15-17)16-26-11-13-27(14-12-26)21-7-3-2-5-19(21)24/h2-10,15,28H,11-14,16H2,1H3. The average molecular weight is 410 g/mol. The normalized spacial score (nSPS) is 14.8. The summed E-state index contributed by atoms with van der Waals surface area (Å²) >= 11 is 6.34. The van der Waals surface area contributed by atoms with Crippen molar-refractivity contribution in [2.24, 2.45) is 0 Å². The molecular formula is C23H24ClN3O2. The van der Waals surface area contributed by atoms with Gasteiger partial charge in [0.2, 0.25) is 5.88 Å². The lowest BCUT2D eigenvalue weighted by atomic mass is 10.1. The van der Waals surface area contributed by atoms with Gasteiger partial charge in [0.1, 0.15) is 5.75 Å². The fraction of sp³-hybridized carbons (Fsp3) is 0.261. The van der Waals surface area contributed by atoms with Crippen molar-refractivity contribution in [2.75, 3.05) is 38.2 Å². The van der Waals surface area contributed by atoms with Crippen LogP contribution in [0.4, 0.5) is 5.69 Å². The number of piperazine rings is 1. The molecule has 1 aliphatic rings. The van der Waals surface area contributed by atoms with Crippen LogP contribution in [0.2, 0.25) is 5.02 Å². The van der Waals surface area contributed by atoms with Crippen LogP contribution in [0.5, 0.6) is 11.6 Å². The van der Waals surface area contributed by atoms with E-state index in [0.29, 0.717) is 18.2 Å². The molecule has 2 heterocycles. The van der Waals surface area contributed by atoms with Gasteiger partial charge in [0.15, 0.2) is 0 Å². The largest absolute Gasteiger partial charge is 0.508 e. The lowest BCUT2D eigenvalue weighted by molar-refractivity contribution is 0.247. The molecule has 0 atom stereocenters. The number of ether oxygens (including phenoxy) is 1. The van der Waals surface area contributed by atoms with Crippen LogP contribution in [-0.4, -0.2) is 48.3 Å². The Kier molecular flexibility index (Phi) is 5.88. The van der Waals surface area contributed by atoms with Crippen LogP contribution in [0.15, 0.2) is 60.7 Å². The molecule has 0 saturated carbocycles. The van der Waals surface area contributed by atoms with Crippen LogP contribution < -0.4 is 9.64 Å². The molecule has 150 valence electrons. The summed E-state index contributed by atoms with van der Waals surface area (Å²) in [6, 6.07) is 19.3. The minimum Gasteiger partial charge on any atom is -0.508 e. The predicted octanol–water partition coefficient (Wildman–Crippen LogP) is 4.44. The van der Waals surface area contributed by atoms with Gasteiger partial charge in [-0.15, -0.1) is 0 Å². The van der Waals surface area contributed by atoms with Crippen LogP contribution in [-0.2, 0) is 6.54 Å². The Morgan fingerprint density at radius 3 is 2.55 bits per heavy atom. The van der Waals surface area contributed by atoms with E-state index in [0.717, 1.165) is 53.7 Å². The molecule has 0 bridgehead atoms. The smallest absolute Gasteiger partial charge is 0.213 e. The second kappa shape index (κ2) is 8.72. The molecule has 0 spiro atoms. The van der Waals surface area contributed by atoms with Crippen LogP contribution in [0.25, 0.3) is 11.3 Å². The Balaban J connectivity index is 1.45. The number of benzene rings is 2. The number of methoxy groups -OCH3 is 1. The highest BCUT2D eigenvalue weighted by atomic mass is 35.5. The molecule has 0 aliphatic carbocycles. The van der Waals surface area contributed by atoms with Gasteiger partial charge in [0, 0.05) is 49.9 Å². The number of rotatable bonds is 5. The van der Waals surface area contributed by atoms with E-state index in [9.17, 15) is 5.11 Å². The van der Waals surface area contributed by atoms with Gasteiger partial charge in [-0.3, -0.25) is 4.90 Å². The highest BCUT2D eigenvalue weighted by Crippen LogP contribution is 2.29. The topological polar surface area (TPSA) is 48.8 Å². The van der Waals surface area contributed by atoms with Crippen molar-refractivity contribution < 1.29 is 9.84 Å². The Bertz CT molecular complexity index is 987. The zero-order valence-corrected chi connectivity index (χ0v) is 17.1. The molecule has 6 heteroatoms. The summed E-state index contributed by atoms with van der Waals surface area (Å²) in [4.78, 5) is 9.16. The van der Waals surface area contributed by atoms with E-state index >= 15 is 0 Å². The van der Waals surface area contributed by atoms with E-state index in [1.807, 2.05) is 48.5 Å². The molecule has 1 aliphatic heterocycles. The van der Waals surface area contributed by atoms with Gasteiger partial charge in [-0.25, -0.2) is 4.98 Å². The van der Waals surface area contributed by atoms with Crippen LogP contribution in [0, 0.1) is 0 Å². The molecule has 3 aromatic rings. The zero-order valence-electron chi connectivity index (χ0n) is 16.4. The van der Waals surface area contributed by atoms with Crippen molar-refractivity contribution in [2.45, 2.75) is 6.54 Å². The van der Waals surface area contributed by atoms with E-state index in [4.69, 9.17) is 16.3 Å². The van der Waals surface area contributed by atoms with Crippen molar-refractivity contribution in [3.63, 3.8) is 0 Å². The predicted molar refractivity (Wildman–Crippen MR) is 117 cm³/mol. The third-order valence-electron chi connectivity index (χ3n) is 5.27. The van der Waals surface area contributed by atoms with Gasteiger partial charge in [-0.1, -0.05) is 29.8 Å². The Labute approximate surface area is 176 Å². The maximum Gasteiger partial charge on any atom is 0.213 e. The first kappa shape index (κ1) is 19.6. The van der Waals surface area contributed by atoms with Crippen LogP contribution >= 0.6 is 11.6 Å². The number of anilines is 1. The fourth-order valence-corrected chi connectivity index (χ4v) is 3.91. The summed E-state index contributed by atoms with van der Waals surface area (Å²) in [5.74, 6) is 0.887. The highest BCUT2D eigenvalue weighted by molar-refractivity contribution is 6.33. The number of pyridine rings is 1. The van der Waals surface area contributed by atoms with Crippen molar-refractivity contribution in [1.82, 2.24) is 9.88 Å².